The quantitative estimate of drug-likeness (QED) is 0.479. The molecule has 0 spiro atoms. The van der Waals surface area contributed by atoms with Gasteiger partial charge in [-0.15, -0.1) is 5.10 Å². The molecule has 1 aromatic carbocycles. The Morgan fingerprint density at radius 2 is 1.64 bits per heavy atom. The molecule has 28 heavy (non-hydrogen) atoms. The summed E-state index contributed by atoms with van der Waals surface area (Å²) in [6.45, 7) is 0. The highest BCUT2D eigenvalue weighted by molar-refractivity contribution is 7.90. The highest BCUT2D eigenvalue weighted by atomic mass is 32.2. The van der Waals surface area contributed by atoms with Crippen molar-refractivity contribution in [2.45, 2.75) is 11.1 Å². The molecule has 0 aliphatic heterocycles. The molecule has 3 rings (SSSR count). The molecule has 0 aliphatic rings. The van der Waals surface area contributed by atoms with E-state index in [1.165, 1.54) is 0 Å². The summed E-state index contributed by atoms with van der Waals surface area (Å²) >= 11 is 0. The number of aromatic nitrogens is 4. The Kier molecular flexibility index (Phi) is 4.65. The topological polar surface area (TPSA) is 77.7 Å². The molecule has 0 N–H and O–H groups in total. The first-order valence-electron chi connectivity index (χ1n) is 7.23. The van der Waals surface area contributed by atoms with Crippen molar-refractivity contribution in [2.24, 2.45) is 0 Å². The lowest BCUT2D eigenvalue weighted by Crippen LogP contribution is -2.09. The summed E-state index contributed by atoms with van der Waals surface area (Å²) in [6.07, 6.45) is -3.23. The summed E-state index contributed by atoms with van der Waals surface area (Å²) < 4.78 is 103. The van der Waals surface area contributed by atoms with E-state index in [0.717, 1.165) is 24.6 Å². The van der Waals surface area contributed by atoms with E-state index in [9.17, 15) is 34.8 Å². The summed E-state index contributed by atoms with van der Waals surface area (Å²) in [5, 5.41) is 3.23. The van der Waals surface area contributed by atoms with Gasteiger partial charge < -0.3 is 0 Å². The van der Waals surface area contributed by atoms with Crippen LogP contribution in [0.5, 0.6) is 0 Å². The number of hydrogen-bond acceptors (Lipinski definition) is 5. The van der Waals surface area contributed by atoms with Crippen molar-refractivity contribution in [3.05, 3.63) is 53.7 Å². The fraction of sp³-hybridized carbons (Fsp3) is 0.133. The SMILES string of the molecule is CS(=O)(=O)c1ccc(-n2nc(C(F)(F)F)nc2-c2cc(F)c(F)c(F)c2)nc1. The van der Waals surface area contributed by atoms with Gasteiger partial charge in [0.25, 0.3) is 5.82 Å². The van der Waals surface area contributed by atoms with E-state index in [2.05, 4.69) is 15.1 Å². The van der Waals surface area contributed by atoms with Crippen molar-refractivity contribution < 1.29 is 34.8 Å². The number of alkyl halides is 3. The zero-order valence-corrected chi connectivity index (χ0v) is 14.5. The van der Waals surface area contributed by atoms with E-state index in [1.807, 2.05) is 0 Å². The molecule has 0 saturated carbocycles. The minimum Gasteiger partial charge on any atom is -0.236 e. The lowest BCUT2D eigenvalue weighted by molar-refractivity contribution is -0.144. The van der Waals surface area contributed by atoms with Gasteiger partial charge in [0.2, 0.25) is 0 Å². The molecule has 0 saturated heterocycles. The first-order valence-corrected chi connectivity index (χ1v) is 9.12. The molecular formula is C15H8F6N4O2S. The van der Waals surface area contributed by atoms with E-state index in [1.54, 1.807) is 0 Å². The number of halogens is 6. The van der Waals surface area contributed by atoms with E-state index in [0.29, 0.717) is 16.8 Å². The zero-order valence-electron chi connectivity index (χ0n) is 13.7. The van der Waals surface area contributed by atoms with E-state index in [-0.39, 0.29) is 10.7 Å². The summed E-state index contributed by atoms with van der Waals surface area (Å²) in [5.41, 5.74) is -0.534. The molecule has 148 valence electrons. The molecule has 0 amide bonds. The molecule has 0 bridgehead atoms. The maximum atomic E-state index is 13.5. The van der Waals surface area contributed by atoms with Crippen molar-refractivity contribution in [1.29, 1.82) is 0 Å². The standard InChI is InChI=1S/C15H8F6N4O2S/c1-28(26,27)8-2-3-11(22-6-8)25-13(23-14(24-25)15(19,20)21)7-4-9(16)12(18)10(17)5-7/h2-6H,1H3. The largest absolute Gasteiger partial charge is 0.453 e. The highest BCUT2D eigenvalue weighted by Gasteiger charge is 2.38. The van der Waals surface area contributed by atoms with Gasteiger partial charge in [-0.2, -0.15) is 17.9 Å². The molecule has 6 nitrogen and oxygen atoms in total. The van der Waals surface area contributed by atoms with Crippen LogP contribution in [0.3, 0.4) is 0 Å². The minimum atomic E-state index is -5.00. The van der Waals surface area contributed by atoms with Crippen LogP contribution in [0.25, 0.3) is 17.2 Å². The Morgan fingerprint density at radius 1 is 1.04 bits per heavy atom. The van der Waals surface area contributed by atoms with Crippen molar-refractivity contribution in [3.8, 4) is 17.2 Å². The first-order chi connectivity index (χ1) is 12.9. The van der Waals surface area contributed by atoms with Crippen LogP contribution in [0.1, 0.15) is 5.82 Å². The molecule has 0 aliphatic carbocycles. The van der Waals surface area contributed by atoms with Gasteiger partial charge in [0.15, 0.2) is 38.9 Å². The van der Waals surface area contributed by atoms with E-state index in [4.69, 9.17) is 0 Å². The normalized spacial score (nSPS) is 12.4. The second kappa shape index (κ2) is 6.58. The lowest BCUT2D eigenvalue weighted by Gasteiger charge is -2.07. The fourth-order valence-electron chi connectivity index (χ4n) is 2.18. The summed E-state index contributed by atoms with van der Waals surface area (Å²) in [6, 6.07) is 2.99. The Balaban J connectivity index is 2.22. The van der Waals surface area contributed by atoms with Gasteiger partial charge in [-0.25, -0.2) is 31.6 Å². The van der Waals surface area contributed by atoms with Crippen LogP contribution in [0, 0.1) is 17.5 Å². The molecular weight excluding hydrogens is 414 g/mol. The number of pyridine rings is 1. The summed E-state index contributed by atoms with van der Waals surface area (Å²) in [4.78, 5) is 6.72. The first kappa shape index (κ1) is 19.8. The Bertz CT molecular complexity index is 1130. The number of benzene rings is 1. The summed E-state index contributed by atoms with van der Waals surface area (Å²) in [7, 11) is -3.63. The Morgan fingerprint density at radius 3 is 2.11 bits per heavy atom. The molecule has 13 heteroatoms. The second-order valence-electron chi connectivity index (χ2n) is 5.55. The van der Waals surface area contributed by atoms with Gasteiger partial charge in [-0.05, 0) is 24.3 Å². The van der Waals surface area contributed by atoms with Crippen molar-refractivity contribution in [2.75, 3.05) is 6.26 Å². The molecule has 0 fully saturated rings. The molecule has 2 heterocycles. The second-order valence-corrected chi connectivity index (χ2v) is 7.56. The fourth-order valence-corrected chi connectivity index (χ4v) is 2.74. The van der Waals surface area contributed by atoms with E-state index < -0.39 is 50.7 Å². The van der Waals surface area contributed by atoms with Crippen molar-refractivity contribution >= 4 is 9.84 Å². The molecule has 3 aromatic rings. The third kappa shape index (κ3) is 3.69. The number of hydrogen-bond donors (Lipinski definition) is 0. The van der Waals surface area contributed by atoms with Gasteiger partial charge in [-0.3, -0.25) is 0 Å². The maximum absolute atomic E-state index is 13.5. The number of sulfone groups is 1. The molecule has 0 unspecified atom stereocenters. The highest BCUT2D eigenvalue weighted by Crippen LogP contribution is 2.31. The number of rotatable bonds is 3. The molecule has 0 atom stereocenters. The van der Waals surface area contributed by atoms with Gasteiger partial charge in [0.1, 0.15) is 0 Å². The smallest absolute Gasteiger partial charge is 0.236 e. The lowest BCUT2D eigenvalue weighted by atomic mass is 10.2. The third-order valence-electron chi connectivity index (χ3n) is 3.47. The van der Waals surface area contributed by atoms with Crippen LogP contribution in [-0.4, -0.2) is 34.4 Å². The average Bonchev–Trinajstić information content (AvgIpc) is 3.04. The van der Waals surface area contributed by atoms with E-state index >= 15 is 0 Å². The van der Waals surface area contributed by atoms with Crippen LogP contribution >= 0.6 is 0 Å². The zero-order chi connectivity index (χ0) is 20.9. The predicted octanol–water partition coefficient (Wildman–Crippen LogP) is 3.17. The van der Waals surface area contributed by atoms with Crippen molar-refractivity contribution in [3.63, 3.8) is 0 Å². The van der Waals surface area contributed by atoms with Gasteiger partial charge >= 0.3 is 6.18 Å². The predicted molar refractivity (Wildman–Crippen MR) is 82.6 cm³/mol. The minimum absolute atomic E-state index is 0.215. The number of nitrogens with zero attached hydrogens (tertiary/aromatic N) is 4. The third-order valence-corrected chi connectivity index (χ3v) is 4.57. The Hall–Kier alpha value is -2.96. The maximum Gasteiger partial charge on any atom is 0.453 e. The monoisotopic (exact) mass is 422 g/mol. The van der Waals surface area contributed by atoms with Crippen LogP contribution in [0.15, 0.2) is 35.4 Å². The van der Waals surface area contributed by atoms with Gasteiger partial charge in [0.05, 0.1) is 4.90 Å². The van der Waals surface area contributed by atoms with Crippen LogP contribution in [-0.2, 0) is 16.0 Å². The van der Waals surface area contributed by atoms with Gasteiger partial charge in [-0.1, -0.05) is 0 Å². The average molecular weight is 422 g/mol. The Labute approximate surface area is 153 Å². The van der Waals surface area contributed by atoms with Crippen molar-refractivity contribution in [1.82, 2.24) is 19.7 Å². The van der Waals surface area contributed by atoms with Crippen LogP contribution < -0.4 is 0 Å². The van der Waals surface area contributed by atoms with Crippen LogP contribution in [0.4, 0.5) is 26.3 Å². The molecule has 2 aromatic heterocycles. The molecule has 0 radical (unpaired) electrons. The van der Waals surface area contributed by atoms with Gasteiger partial charge in [0, 0.05) is 18.0 Å². The van der Waals surface area contributed by atoms with Crippen LogP contribution in [0.2, 0.25) is 0 Å². The summed E-state index contributed by atoms with van der Waals surface area (Å²) in [5.74, 6) is -7.71.